The molecule has 0 saturated carbocycles. The number of carbonyl (C=O) groups is 1. The van der Waals surface area contributed by atoms with Crippen molar-refractivity contribution in [3.63, 3.8) is 0 Å². The van der Waals surface area contributed by atoms with Gasteiger partial charge in [-0.25, -0.2) is 8.42 Å². The molecule has 1 aromatic carbocycles. The van der Waals surface area contributed by atoms with Gasteiger partial charge in [0.15, 0.2) is 5.25 Å². The number of sulfonamides is 1. The molecule has 1 heterocycles. The van der Waals surface area contributed by atoms with Crippen molar-refractivity contribution in [2.75, 3.05) is 11.3 Å². The fourth-order valence-electron chi connectivity index (χ4n) is 2.00. The molecule has 0 bridgehead atoms. The number of hydrogen-bond donors (Lipinski definition) is 3. The molecule has 0 aromatic heterocycles. The van der Waals surface area contributed by atoms with Crippen molar-refractivity contribution in [2.45, 2.75) is 25.1 Å². The predicted molar refractivity (Wildman–Crippen MR) is 71.5 cm³/mol. The van der Waals surface area contributed by atoms with Crippen LogP contribution in [0.3, 0.4) is 0 Å². The van der Waals surface area contributed by atoms with Crippen molar-refractivity contribution in [1.82, 2.24) is 5.32 Å². The van der Waals surface area contributed by atoms with Gasteiger partial charge in [0.25, 0.3) is 0 Å². The van der Waals surface area contributed by atoms with Gasteiger partial charge in [0, 0.05) is 6.54 Å². The molecule has 0 fully saturated rings. The van der Waals surface area contributed by atoms with Crippen LogP contribution in [0.5, 0.6) is 0 Å². The Bertz CT molecular complexity index is 598. The van der Waals surface area contributed by atoms with Crippen LogP contribution in [-0.4, -0.2) is 31.3 Å². The van der Waals surface area contributed by atoms with Gasteiger partial charge in [-0.2, -0.15) is 0 Å². The van der Waals surface area contributed by atoms with Gasteiger partial charge in [0.2, 0.25) is 10.0 Å². The number of fused-ring (bicyclic) bond motifs is 1. The van der Waals surface area contributed by atoms with Crippen LogP contribution in [0, 0.1) is 0 Å². The topological polar surface area (TPSA) is 95.5 Å². The smallest absolute Gasteiger partial charge is 0.323 e. The number of hydrogen-bond acceptors (Lipinski definition) is 4. The SMILES string of the molecule is CC(C(=O)O)S(=O)(=O)Nc1cccc2c1CCNC2. The Morgan fingerprint density at radius 2 is 2.21 bits per heavy atom. The Morgan fingerprint density at radius 3 is 2.89 bits per heavy atom. The number of aliphatic carboxylic acids is 1. The van der Waals surface area contributed by atoms with Crippen LogP contribution in [-0.2, 0) is 27.8 Å². The zero-order valence-electron chi connectivity index (χ0n) is 10.5. The Kier molecular flexibility index (Phi) is 3.77. The number of carboxylic acids is 1. The summed E-state index contributed by atoms with van der Waals surface area (Å²) >= 11 is 0. The number of carboxylic acid groups (broad SMARTS) is 1. The first-order chi connectivity index (χ1) is 8.92. The normalized spacial score (nSPS) is 16.5. The Balaban J connectivity index is 2.32. The fraction of sp³-hybridized carbons (Fsp3) is 0.417. The van der Waals surface area contributed by atoms with Crippen molar-refractivity contribution >= 4 is 21.7 Å². The molecule has 2 rings (SSSR count). The largest absolute Gasteiger partial charge is 0.480 e. The second-order valence-corrected chi connectivity index (χ2v) is 6.50. The summed E-state index contributed by atoms with van der Waals surface area (Å²) in [5, 5.41) is 10.5. The van der Waals surface area contributed by atoms with E-state index in [1.54, 1.807) is 12.1 Å². The van der Waals surface area contributed by atoms with Crippen LogP contribution in [0.2, 0.25) is 0 Å². The van der Waals surface area contributed by atoms with Crippen LogP contribution >= 0.6 is 0 Å². The van der Waals surface area contributed by atoms with E-state index in [2.05, 4.69) is 10.0 Å². The third-order valence-corrected chi connectivity index (χ3v) is 4.84. The molecule has 104 valence electrons. The molecule has 1 aliphatic heterocycles. The first kappa shape index (κ1) is 13.8. The molecule has 1 aliphatic rings. The number of rotatable bonds is 4. The van der Waals surface area contributed by atoms with Crippen LogP contribution in [0.25, 0.3) is 0 Å². The summed E-state index contributed by atoms with van der Waals surface area (Å²) in [6, 6.07) is 5.35. The fourth-order valence-corrected chi connectivity index (χ4v) is 2.94. The molecule has 19 heavy (non-hydrogen) atoms. The molecule has 0 spiro atoms. The van der Waals surface area contributed by atoms with Gasteiger partial charge in [0.1, 0.15) is 0 Å². The predicted octanol–water partition coefficient (Wildman–Crippen LogP) is 0.547. The van der Waals surface area contributed by atoms with Gasteiger partial charge in [-0.1, -0.05) is 12.1 Å². The zero-order valence-corrected chi connectivity index (χ0v) is 11.3. The maximum atomic E-state index is 11.9. The zero-order chi connectivity index (χ0) is 14.0. The lowest BCUT2D eigenvalue weighted by molar-refractivity contribution is -0.136. The lowest BCUT2D eigenvalue weighted by Crippen LogP contribution is -2.33. The third kappa shape index (κ3) is 2.87. The highest BCUT2D eigenvalue weighted by molar-refractivity contribution is 7.94. The van der Waals surface area contributed by atoms with Gasteiger partial charge >= 0.3 is 5.97 Å². The van der Waals surface area contributed by atoms with E-state index in [1.807, 2.05) is 6.07 Å². The summed E-state index contributed by atoms with van der Waals surface area (Å²) in [5.41, 5.74) is 2.45. The molecule has 0 radical (unpaired) electrons. The van der Waals surface area contributed by atoms with Crippen LogP contribution in [0.4, 0.5) is 5.69 Å². The maximum Gasteiger partial charge on any atom is 0.323 e. The monoisotopic (exact) mass is 284 g/mol. The highest BCUT2D eigenvalue weighted by atomic mass is 32.2. The van der Waals surface area contributed by atoms with E-state index in [0.29, 0.717) is 12.2 Å². The molecular formula is C12H16N2O4S. The van der Waals surface area contributed by atoms with E-state index >= 15 is 0 Å². The van der Waals surface area contributed by atoms with Crippen LogP contribution in [0.15, 0.2) is 18.2 Å². The highest BCUT2D eigenvalue weighted by Gasteiger charge is 2.28. The van der Waals surface area contributed by atoms with Gasteiger partial charge in [-0.3, -0.25) is 9.52 Å². The summed E-state index contributed by atoms with van der Waals surface area (Å²) < 4.78 is 26.2. The summed E-state index contributed by atoms with van der Waals surface area (Å²) in [5.74, 6) is -1.36. The molecule has 1 atom stereocenters. The standard InChI is InChI=1S/C12H16N2O4S/c1-8(12(15)16)19(17,18)14-11-4-2-3-9-7-13-6-5-10(9)11/h2-4,8,13-14H,5-7H2,1H3,(H,15,16). The van der Waals surface area contributed by atoms with Gasteiger partial charge < -0.3 is 10.4 Å². The van der Waals surface area contributed by atoms with Crippen LogP contribution < -0.4 is 10.0 Å². The molecular weight excluding hydrogens is 268 g/mol. The lowest BCUT2D eigenvalue weighted by Gasteiger charge is -2.21. The minimum Gasteiger partial charge on any atom is -0.480 e. The summed E-state index contributed by atoms with van der Waals surface area (Å²) in [6.45, 7) is 2.63. The average molecular weight is 284 g/mol. The number of benzene rings is 1. The van der Waals surface area contributed by atoms with Crippen molar-refractivity contribution in [3.8, 4) is 0 Å². The summed E-state index contributed by atoms with van der Waals surface area (Å²) in [6.07, 6.45) is 0.718. The van der Waals surface area contributed by atoms with E-state index in [0.717, 1.165) is 31.0 Å². The Labute approximate surface area is 111 Å². The molecule has 0 saturated heterocycles. The first-order valence-corrected chi connectivity index (χ1v) is 7.52. The highest BCUT2D eigenvalue weighted by Crippen LogP contribution is 2.24. The lowest BCUT2D eigenvalue weighted by atomic mass is 9.99. The first-order valence-electron chi connectivity index (χ1n) is 5.98. The molecule has 0 amide bonds. The molecule has 1 unspecified atom stereocenters. The van der Waals surface area contributed by atoms with E-state index in [-0.39, 0.29) is 0 Å². The molecule has 0 aliphatic carbocycles. The summed E-state index contributed by atoms with van der Waals surface area (Å²) in [4.78, 5) is 10.8. The minimum absolute atomic E-state index is 0.479. The Morgan fingerprint density at radius 1 is 1.47 bits per heavy atom. The van der Waals surface area contributed by atoms with Crippen LogP contribution in [0.1, 0.15) is 18.1 Å². The van der Waals surface area contributed by atoms with Crippen molar-refractivity contribution in [3.05, 3.63) is 29.3 Å². The Hall–Kier alpha value is -1.60. The minimum atomic E-state index is -3.92. The van der Waals surface area contributed by atoms with E-state index in [1.165, 1.54) is 0 Å². The van der Waals surface area contributed by atoms with Gasteiger partial charge in [-0.05, 0) is 37.1 Å². The maximum absolute atomic E-state index is 11.9. The quantitative estimate of drug-likeness (QED) is 0.750. The molecule has 7 heteroatoms. The summed E-state index contributed by atoms with van der Waals surface area (Å²) in [7, 11) is -3.92. The second-order valence-electron chi connectivity index (χ2n) is 4.50. The van der Waals surface area contributed by atoms with Gasteiger partial charge in [0.05, 0.1) is 5.69 Å². The molecule has 6 nitrogen and oxygen atoms in total. The second kappa shape index (κ2) is 5.18. The van der Waals surface area contributed by atoms with Gasteiger partial charge in [-0.15, -0.1) is 0 Å². The molecule has 1 aromatic rings. The van der Waals surface area contributed by atoms with Crippen molar-refractivity contribution in [2.24, 2.45) is 0 Å². The van der Waals surface area contributed by atoms with E-state index in [4.69, 9.17) is 5.11 Å². The van der Waals surface area contributed by atoms with E-state index < -0.39 is 21.2 Å². The van der Waals surface area contributed by atoms with Crippen molar-refractivity contribution < 1.29 is 18.3 Å². The number of anilines is 1. The number of nitrogens with one attached hydrogen (secondary N) is 2. The molecule has 3 N–H and O–H groups in total. The average Bonchev–Trinajstić information content (AvgIpc) is 2.38. The van der Waals surface area contributed by atoms with E-state index in [9.17, 15) is 13.2 Å². The third-order valence-electron chi connectivity index (χ3n) is 3.21. The van der Waals surface area contributed by atoms with Crippen molar-refractivity contribution in [1.29, 1.82) is 0 Å².